The van der Waals surface area contributed by atoms with E-state index in [0.717, 1.165) is 6.07 Å². The zero-order chi connectivity index (χ0) is 11.6. The third kappa shape index (κ3) is 3.55. The van der Waals surface area contributed by atoms with Crippen molar-refractivity contribution in [3.8, 4) is 0 Å². The minimum atomic E-state index is -1.10. The highest BCUT2D eigenvalue weighted by atomic mass is 32.2. The van der Waals surface area contributed by atoms with Crippen LogP contribution < -0.4 is 0 Å². The van der Waals surface area contributed by atoms with Gasteiger partial charge >= 0.3 is 5.97 Å². The van der Waals surface area contributed by atoms with Gasteiger partial charge in [-0.1, -0.05) is 20.8 Å². The van der Waals surface area contributed by atoms with Gasteiger partial charge in [-0.25, -0.2) is 9.18 Å². The lowest BCUT2D eigenvalue weighted by Gasteiger charge is -2.18. The van der Waals surface area contributed by atoms with Gasteiger partial charge < -0.3 is 5.11 Å². The van der Waals surface area contributed by atoms with Crippen molar-refractivity contribution in [3.63, 3.8) is 0 Å². The predicted octanol–water partition coefficient (Wildman–Crippen LogP) is 3.41. The van der Waals surface area contributed by atoms with Crippen LogP contribution in [0.1, 0.15) is 31.1 Å². The predicted molar refractivity (Wildman–Crippen MR) is 59.0 cm³/mol. The van der Waals surface area contributed by atoms with Crippen LogP contribution in [-0.2, 0) is 0 Å². The number of carbonyl (C=O) groups is 1. The number of carboxylic acid groups (broad SMARTS) is 1. The molecule has 0 unspecified atom stereocenters. The van der Waals surface area contributed by atoms with Crippen LogP contribution in [0.15, 0.2) is 23.1 Å². The van der Waals surface area contributed by atoms with Crippen molar-refractivity contribution in [2.24, 2.45) is 0 Å². The molecule has 15 heavy (non-hydrogen) atoms. The zero-order valence-corrected chi connectivity index (χ0v) is 9.69. The number of hydrogen-bond acceptors (Lipinski definition) is 2. The number of benzene rings is 1. The third-order valence-electron chi connectivity index (χ3n) is 1.59. The Hall–Kier alpha value is -1.03. The molecule has 0 aliphatic rings. The Morgan fingerprint density at radius 1 is 1.40 bits per heavy atom. The van der Waals surface area contributed by atoms with E-state index >= 15 is 0 Å². The SMILES string of the molecule is CC(C)(C)Sc1ccc(F)cc1C(=O)O. The van der Waals surface area contributed by atoms with Crippen LogP contribution in [0.3, 0.4) is 0 Å². The Bertz CT molecular complexity index is 383. The van der Waals surface area contributed by atoms with E-state index in [0.29, 0.717) is 4.90 Å². The summed E-state index contributed by atoms with van der Waals surface area (Å²) in [6, 6.07) is 3.84. The maximum atomic E-state index is 12.9. The first-order valence-electron chi connectivity index (χ1n) is 4.51. The minimum Gasteiger partial charge on any atom is -0.478 e. The van der Waals surface area contributed by atoms with Crippen molar-refractivity contribution in [1.82, 2.24) is 0 Å². The normalized spacial score (nSPS) is 11.5. The van der Waals surface area contributed by atoms with Crippen LogP contribution in [0.4, 0.5) is 4.39 Å². The number of halogens is 1. The van der Waals surface area contributed by atoms with Crippen LogP contribution in [0.5, 0.6) is 0 Å². The van der Waals surface area contributed by atoms with E-state index in [2.05, 4.69) is 0 Å². The fourth-order valence-corrected chi connectivity index (χ4v) is 2.14. The second-order valence-corrected chi connectivity index (χ2v) is 6.03. The molecule has 1 N–H and O–H groups in total. The second kappa shape index (κ2) is 4.23. The van der Waals surface area contributed by atoms with Crippen LogP contribution >= 0.6 is 11.8 Å². The van der Waals surface area contributed by atoms with Crippen molar-refractivity contribution in [2.75, 3.05) is 0 Å². The maximum absolute atomic E-state index is 12.9. The first-order valence-corrected chi connectivity index (χ1v) is 5.33. The molecule has 82 valence electrons. The number of hydrogen-bond donors (Lipinski definition) is 1. The van der Waals surface area contributed by atoms with Gasteiger partial charge in [-0.3, -0.25) is 0 Å². The minimum absolute atomic E-state index is 0.0231. The highest BCUT2D eigenvalue weighted by Gasteiger charge is 2.18. The molecule has 4 heteroatoms. The average molecular weight is 228 g/mol. The van der Waals surface area contributed by atoms with Crippen molar-refractivity contribution >= 4 is 17.7 Å². The van der Waals surface area contributed by atoms with Crippen LogP contribution in [0.2, 0.25) is 0 Å². The van der Waals surface area contributed by atoms with Crippen LogP contribution in [0.25, 0.3) is 0 Å². The standard InChI is InChI=1S/C11H13FO2S/c1-11(2,3)15-9-5-4-7(12)6-8(9)10(13)14/h4-6H,1-3H3,(H,13,14). The van der Waals surface area contributed by atoms with Gasteiger partial charge in [0.15, 0.2) is 0 Å². The summed E-state index contributed by atoms with van der Waals surface area (Å²) >= 11 is 1.42. The van der Waals surface area contributed by atoms with Crippen LogP contribution in [0, 0.1) is 5.82 Å². The highest BCUT2D eigenvalue weighted by molar-refractivity contribution is 8.00. The Balaban J connectivity index is 3.12. The number of thioether (sulfide) groups is 1. The largest absolute Gasteiger partial charge is 0.478 e. The van der Waals surface area contributed by atoms with Gasteiger partial charge in [0.25, 0.3) is 0 Å². The molecule has 0 radical (unpaired) electrons. The lowest BCUT2D eigenvalue weighted by Crippen LogP contribution is -2.09. The molecule has 0 saturated heterocycles. The van der Waals surface area contributed by atoms with Gasteiger partial charge in [-0.05, 0) is 18.2 Å². The highest BCUT2D eigenvalue weighted by Crippen LogP contribution is 2.34. The zero-order valence-electron chi connectivity index (χ0n) is 8.87. The summed E-state index contributed by atoms with van der Waals surface area (Å²) in [5.74, 6) is -1.62. The molecule has 1 aromatic rings. The quantitative estimate of drug-likeness (QED) is 0.788. The fraction of sp³-hybridized carbons (Fsp3) is 0.364. The monoisotopic (exact) mass is 228 g/mol. The summed E-state index contributed by atoms with van der Waals surface area (Å²) < 4.78 is 12.8. The smallest absolute Gasteiger partial charge is 0.336 e. The van der Waals surface area contributed by atoms with E-state index < -0.39 is 11.8 Å². The number of carboxylic acids is 1. The molecule has 0 aromatic heterocycles. The lowest BCUT2D eigenvalue weighted by atomic mass is 10.2. The molecule has 0 bridgehead atoms. The van der Waals surface area contributed by atoms with E-state index in [9.17, 15) is 9.18 Å². The number of aromatic carboxylic acids is 1. The van der Waals surface area contributed by atoms with Gasteiger partial charge in [0.1, 0.15) is 5.82 Å². The molecule has 1 rings (SSSR count). The van der Waals surface area contributed by atoms with Gasteiger partial charge in [0, 0.05) is 9.64 Å². The molecule has 1 aromatic carbocycles. The molecule has 2 nitrogen and oxygen atoms in total. The average Bonchev–Trinajstić information content (AvgIpc) is 2.05. The van der Waals surface area contributed by atoms with Crippen molar-refractivity contribution in [3.05, 3.63) is 29.6 Å². The van der Waals surface area contributed by atoms with Crippen LogP contribution in [-0.4, -0.2) is 15.8 Å². The Morgan fingerprint density at radius 3 is 2.47 bits per heavy atom. The van der Waals surface area contributed by atoms with E-state index in [1.165, 1.54) is 23.9 Å². The summed E-state index contributed by atoms with van der Waals surface area (Å²) in [5.41, 5.74) is 0.0231. The molecule has 0 amide bonds. The van der Waals surface area contributed by atoms with Gasteiger partial charge in [-0.15, -0.1) is 11.8 Å². The molecule has 0 fully saturated rings. The van der Waals surface area contributed by atoms with E-state index in [1.807, 2.05) is 20.8 Å². The third-order valence-corrected chi connectivity index (χ3v) is 2.78. The maximum Gasteiger partial charge on any atom is 0.336 e. The summed E-state index contributed by atoms with van der Waals surface area (Å²) in [7, 11) is 0. The summed E-state index contributed by atoms with van der Waals surface area (Å²) in [4.78, 5) is 11.5. The molecule has 0 heterocycles. The van der Waals surface area contributed by atoms with E-state index in [-0.39, 0.29) is 10.3 Å². The van der Waals surface area contributed by atoms with Gasteiger partial charge in [-0.2, -0.15) is 0 Å². The van der Waals surface area contributed by atoms with Gasteiger partial charge in [0.05, 0.1) is 5.56 Å². The van der Waals surface area contributed by atoms with Gasteiger partial charge in [0.2, 0.25) is 0 Å². The molecular weight excluding hydrogens is 215 g/mol. The first kappa shape index (κ1) is 12.0. The van der Waals surface area contributed by atoms with E-state index in [1.54, 1.807) is 0 Å². The second-order valence-electron chi connectivity index (χ2n) is 4.16. The van der Waals surface area contributed by atoms with E-state index in [4.69, 9.17) is 5.11 Å². The summed E-state index contributed by atoms with van der Waals surface area (Å²) in [5, 5.41) is 8.91. The molecule has 0 spiro atoms. The molecule has 0 atom stereocenters. The Labute approximate surface area is 92.5 Å². The first-order chi connectivity index (χ1) is 6.79. The summed E-state index contributed by atoms with van der Waals surface area (Å²) in [6.07, 6.45) is 0. The Morgan fingerprint density at radius 2 is 2.00 bits per heavy atom. The lowest BCUT2D eigenvalue weighted by molar-refractivity contribution is 0.0692. The number of rotatable bonds is 2. The molecule has 0 aliphatic carbocycles. The van der Waals surface area contributed by atoms with Crippen molar-refractivity contribution < 1.29 is 14.3 Å². The van der Waals surface area contributed by atoms with Crippen molar-refractivity contribution in [1.29, 1.82) is 0 Å². The Kier molecular flexibility index (Phi) is 3.39. The van der Waals surface area contributed by atoms with Crippen molar-refractivity contribution in [2.45, 2.75) is 30.4 Å². The molecular formula is C11H13FO2S. The topological polar surface area (TPSA) is 37.3 Å². The molecule has 0 saturated carbocycles. The molecule has 0 aliphatic heterocycles. The fourth-order valence-electron chi connectivity index (χ4n) is 1.09. The summed E-state index contributed by atoms with van der Waals surface area (Å²) in [6.45, 7) is 5.94.